The van der Waals surface area contributed by atoms with Gasteiger partial charge in [0.1, 0.15) is 6.61 Å². The van der Waals surface area contributed by atoms with E-state index >= 15 is 0 Å². The van der Waals surface area contributed by atoms with E-state index in [0.29, 0.717) is 132 Å². The molecule has 0 aromatic rings. The molecular formula is C41H82O13. The zero-order valence-electron chi connectivity index (χ0n) is 34.7. The molecule has 0 aliphatic heterocycles. The molecule has 0 rings (SSSR count). The Morgan fingerprint density at radius 2 is 0.481 bits per heavy atom. The second kappa shape index (κ2) is 50.0. The predicted molar refractivity (Wildman–Crippen MR) is 211 cm³/mol. The van der Waals surface area contributed by atoms with Gasteiger partial charge in [0, 0.05) is 6.61 Å². The standard InChI is InChI=1S/C41H82O13/c1-3-4-5-6-7-8-9-10-11-12-13-14-15-16-17-18-19-44-20-21-45-22-23-46-24-25-47-26-27-48-28-29-49-30-31-50-32-33-51-34-35-52-36-37-53-38-39-54-40-41(42)43-2/h3-40H2,1-2H3. The van der Waals surface area contributed by atoms with Gasteiger partial charge in [-0.15, -0.1) is 0 Å². The van der Waals surface area contributed by atoms with Crippen molar-refractivity contribution in [2.24, 2.45) is 0 Å². The van der Waals surface area contributed by atoms with Gasteiger partial charge in [0.2, 0.25) is 0 Å². The van der Waals surface area contributed by atoms with Crippen LogP contribution < -0.4 is 0 Å². The van der Waals surface area contributed by atoms with Crippen molar-refractivity contribution in [3.05, 3.63) is 0 Å². The number of carbonyl (C=O) groups is 1. The quantitative estimate of drug-likeness (QED) is 0.0486. The fourth-order valence-electron chi connectivity index (χ4n) is 5.17. The van der Waals surface area contributed by atoms with Gasteiger partial charge in [0.25, 0.3) is 0 Å². The van der Waals surface area contributed by atoms with E-state index in [1.807, 2.05) is 0 Å². The Morgan fingerprint density at radius 3 is 0.722 bits per heavy atom. The van der Waals surface area contributed by atoms with Crippen LogP contribution in [-0.4, -0.2) is 158 Å². The Balaban J connectivity index is 3.06. The highest BCUT2D eigenvalue weighted by Crippen LogP contribution is 2.13. The van der Waals surface area contributed by atoms with Crippen molar-refractivity contribution in [1.82, 2.24) is 0 Å². The Bertz CT molecular complexity index is 689. The maximum atomic E-state index is 10.9. The minimum Gasteiger partial charge on any atom is -0.467 e. The summed E-state index contributed by atoms with van der Waals surface area (Å²) in [5.41, 5.74) is 0. The first kappa shape index (κ1) is 53.0. The molecule has 0 aliphatic carbocycles. The van der Waals surface area contributed by atoms with Crippen LogP contribution in [0.5, 0.6) is 0 Å². The Kier molecular flexibility index (Phi) is 49.2. The molecule has 0 unspecified atom stereocenters. The van der Waals surface area contributed by atoms with Crippen LogP contribution in [0.3, 0.4) is 0 Å². The molecule has 0 bridgehead atoms. The third kappa shape index (κ3) is 49.0. The molecule has 0 heterocycles. The van der Waals surface area contributed by atoms with Gasteiger partial charge < -0.3 is 56.8 Å². The lowest BCUT2D eigenvalue weighted by molar-refractivity contribution is -0.146. The Morgan fingerprint density at radius 1 is 0.278 bits per heavy atom. The van der Waals surface area contributed by atoms with Gasteiger partial charge in [-0.3, -0.25) is 0 Å². The molecule has 13 nitrogen and oxygen atoms in total. The maximum Gasteiger partial charge on any atom is 0.331 e. The van der Waals surface area contributed by atoms with Crippen molar-refractivity contribution in [1.29, 1.82) is 0 Å². The third-order valence-corrected chi connectivity index (χ3v) is 8.31. The number of hydrogen-bond donors (Lipinski definition) is 0. The topological polar surface area (TPSA) is 128 Å². The Hall–Kier alpha value is -0.970. The first-order chi connectivity index (χ1) is 26.8. The summed E-state index contributed by atoms with van der Waals surface area (Å²) in [5.74, 6) is -0.404. The minimum absolute atomic E-state index is 0.0674. The van der Waals surface area contributed by atoms with Gasteiger partial charge in [0.15, 0.2) is 0 Å². The summed E-state index contributed by atoms with van der Waals surface area (Å²) in [6, 6.07) is 0. The van der Waals surface area contributed by atoms with Gasteiger partial charge in [0.05, 0.1) is 139 Å². The first-order valence-corrected chi connectivity index (χ1v) is 21.2. The van der Waals surface area contributed by atoms with Crippen molar-refractivity contribution in [2.45, 2.75) is 110 Å². The van der Waals surface area contributed by atoms with E-state index in [2.05, 4.69) is 11.7 Å². The summed E-state index contributed by atoms with van der Waals surface area (Å²) < 4.78 is 64.6. The SMILES string of the molecule is CCCCCCCCCCCCCCCCCCOCCOCCOCCOCCOCCOCCOCCOCCOCCOCCOCC(=O)OC. The molecule has 0 atom stereocenters. The molecule has 0 fully saturated rings. The minimum atomic E-state index is -0.404. The van der Waals surface area contributed by atoms with Crippen LogP contribution >= 0.6 is 0 Å². The summed E-state index contributed by atoms with van der Waals surface area (Å²) in [6.07, 6.45) is 22.2. The van der Waals surface area contributed by atoms with Gasteiger partial charge in [-0.05, 0) is 6.42 Å². The lowest BCUT2D eigenvalue weighted by Gasteiger charge is -2.09. The fraction of sp³-hybridized carbons (Fsp3) is 0.976. The lowest BCUT2D eigenvalue weighted by atomic mass is 10.0. The van der Waals surface area contributed by atoms with Crippen molar-refractivity contribution >= 4 is 5.97 Å². The highest BCUT2D eigenvalue weighted by atomic mass is 16.6. The molecule has 0 saturated heterocycles. The van der Waals surface area contributed by atoms with Crippen LogP contribution in [-0.2, 0) is 61.6 Å². The summed E-state index contributed by atoms with van der Waals surface area (Å²) in [5, 5.41) is 0. The summed E-state index contributed by atoms with van der Waals surface area (Å²) in [4.78, 5) is 10.9. The van der Waals surface area contributed by atoms with E-state index in [0.717, 1.165) is 13.0 Å². The second-order valence-corrected chi connectivity index (χ2v) is 13.1. The van der Waals surface area contributed by atoms with Gasteiger partial charge in [-0.25, -0.2) is 4.79 Å². The Labute approximate surface area is 329 Å². The summed E-state index contributed by atoms with van der Waals surface area (Å²) in [7, 11) is 1.32. The van der Waals surface area contributed by atoms with Crippen molar-refractivity contribution in [3.8, 4) is 0 Å². The number of methoxy groups -OCH3 is 1. The van der Waals surface area contributed by atoms with E-state index in [-0.39, 0.29) is 6.61 Å². The normalized spacial score (nSPS) is 11.5. The first-order valence-electron chi connectivity index (χ1n) is 21.2. The molecule has 0 aliphatic rings. The van der Waals surface area contributed by atoms with Crippen LogP contribution in [0.15, 0.2) is 0 Å². The van der Waals surface area contributed by atoms with Crippen LogP contribution in [0.2, 0.25) is 0 Å². The third-order valence-electron chi connectivity index (χ3n) is 8.31. The van der Waals surface area contributed by atoms with Crippen molar-refractivity contribution in [2.75, 3.05) is 152 Å². The zero-order valence-corrected chi connectivity index (χ0v) is 34.7. The van der Waals surface area contributed by atoms with E-state index in [1.165, 1.54) is 103 Å². The van der Waals surface area contributed by atoms with Gasteiger partial charge in [-0.1, -0.05) is 103 Å². The number of carbonyl (C=O) groups excluding carboxylic acids is 1. The molecule has 0 amide bonds. The highest BCUT2D eigenvalue weighted by Gasteiger charge is 2.00. The van der Waals surface area contributed by atoms with Gasteiger partial charge in [-0.2, -0.15) is 0 Å². The number of unbranched alkanes of at least 4 members (excludes halogenated alkanes) is 15. The summed E-state index contributed by atoms with van der Waals surface area (Å²) in [6.45, 7) is 13.2. The van der Waals surface area contributed by atoms with E-state index in [1.54, 1.807) is 0 Å². The maximum absolute atomic E-state index is 10.9. The average Bonchev–Trinajstić information content (AvgIpc) is 3.18. The molecular weight excluding hydrogens is 700 g/mol. The van der Waals surface area contributed by atoms with Crippen LogP contribution in [0, 0.1) is 0 Å². The van der Waals surface area contributed by atoms with Crippen LogP contribution in [0.4, 0.5) is 0 Å². The van der Waals surface area contributed by atoms with E-state index in [9.17, 15) is 4.79 Å². The van der Waals surface area contributed by atoms with E-state index in [4.69, 9.17) is 52.1 Å². The van der Waals surface area contributed by atoms with Gasteiger partial charge >= 0.3 is 5.97 Å². The molecule has 0 spiro atoms. The second-order valence-electron chi connectivity index (χ2n) is 13.1. The predicted octanol–water partition coefficient (Wildman–Crippen LogP) is 6.60. The molecule has 0 saturated carbocycles. The molecule has 13 heteroatoms. The average molecular weight is 783 g/mol. The fourth-order valence-corrected chi connectivity index (χ4v) is 5.17. The number of rotatable bonds is 49. The van der Waals surface area contributed by atoms with E-state index < -0.39 is 5.97 Å². The zero-order chi connectivity index (χ0) is 38.9. The molecule has 0 aromatic heterocycles. The highest BCUT2D eigenvalue weighted by molar-refractivity contribution is 5.70. The monoisotopic (exact) mass is 783 g/mol. The largest absolute Gasteiger partial charge is 0.467 e. The number of ether oxygens (including phenoxy) is 12. The molecule has 0 N–H and O–H groups in total. The summed E-state index contributed by atoms with van der Waals surface area (Å²) >= 11 is 0. The molecule has 0 aromatic carbocycles. The number of esters is 1. The van der Waals surface area contributed by atoms with Crippen LogP contribution in [0.1, 0.15) is 110 Å². The smallest absolute Gasteiger partial charge is 0.331 e. The molecule has 54 heavy (non-hydrogen) atoms. The molecule has 324 valence electrons. The lowest BCUT2D eigenvalue weighted by Crippen LogP contribution is -2.16. The van der Waals surface area contributed by atoms with Crippen molar-refractivity contribution in [3.63, 3.8) is 0 Å². The molecule has 0 radical (unpaired) electrons. The number of hydrogen-bond acceptors (Lipinski definition) is 13. The van der Waals surface area contributed by atoms with Crippen LogP contribution in [0.25, 0.3) is 0 Å². The van der Waals surface area contributed by atoms with Crippen molar-refractivity contribution < 1.29 is 61.6 Å².